The average molecular weight is 425 g/mol. The Morgan fingerprint density at radius 1 is 1.10 bits per heavy atom. The highest BCUT2D eigenvalue weighted by molar-refractivity contribution is 6.11. The zero-order chi connectivity index (χ0) is 22.6. The van der Waals surface area contributed by atoms with Crippen LogP contribution in [0.2, 0.25) is 0 Å². The van der Waals surface area contributed by atoms with E-state index in [2.05, 4.69) is 10.6 Å². The molecule has 3 rings (SSSR count). The first-order chi connectivity index (χ1) is 14.8. The first-order valence-corrected chi connectivity index (χ1v) is 10.0. The largest absolute Gasteiger partial charge is 0.497 e. The van der Waals surface area contributed by atoms with E-state index < -0.39 is 29.4 Å². The molecule has 0 unspecified atom stereocenters. The second kappa shape index (κ2) is 9.07. The molecule has 0 bridgehead atoms. The Labute approximate surface area is 181 Å². The van der Waals surface area contributed by atoms with Crippen LogP contribution in [0.25, 0.3) is 0 Å². The number of methoxy groups -OCH3 is 2. The predicted molar refractivity (Wildman–Crippen MR) is 116 cm³/mol. The molecule has 0 spiro atoms. The number of nitrogens with zero attached hydrogens (tertiary/aromatic N) is 1. The monoisotopic (exact) mass is 425 g/mol. The quantitative estimate of drug-likeness (QED) is 0.634. The van der Waals surface area contributed by atoms with Crippen LogP contribution in [-0.4, -0.2) is 48.5 Å². The minimum atomic E-state index is -1.09. The summed E-state index contributed by atoms with van der Waals surface area (Å²) in [7, 11) is 3.10. The van der Waals surface area contributed by atoms with Crippen molar-refractivity contribution in [3.05, 3.63) is 54.1 Å². The molecular formula is C23H27N3O5. The molecule has 2 atom stereocenters. The van der Waals surface area contributed by atoms with Gasteiger partial charge in [-0.2, -0.15) is 0 Å². The van der Waals surface area contributed by atoms with Gasteiger partial charge in [0.25, 0.3) is 5.91 Å². The SMILES string of the molecule is COc1ccc(CC[C@@]2(C)NC(=O)N([C@@H](C)C(=O)Nc3ccccc3OC)C2=O)cc1. The van der Waals surface area contributed by atoms with Gasteiger partial charge in [0.15, 0.2) is 0 Å². The highest BCUT2D eigenvalue weighted by Crippen LogP contribution is 2.27. The summed E-state index contributed by atoms with van der Waals surface area (Å²) in [6.45, 7) is 3.21. The number of rotatable bonds is 8. The minimum Gasteiger partial charge on any atom is -0.497 e. The van der Waals surface area contributed by atoms with Crippen molar-refractivity contribution in [2.75, 3.05) is 19.5 Å². The van der Waals surface area contributed by atoms with E-state index in [0.29, 0.717) is 24.3 Å². The van der Waals surface area contributed by atoms with Gasteiger partial charge in [-0.15, -0.1) is 0 Å². The van der Waals surface area contributed by atoms with Gasteiger partial charge in [-0.05, 0) is 56.5 Å². The Morgan fingerprint density at radius 3 is 2.42 bits per heavy atom. The van der Waals surface area contributed by atoms with Crippen LogP contribution < -0.4 is 20.1 Å². The summed E-state index contributed by atoms with van der Waals surface area (Å²) in [6, 6.07) is 12.9. The number of ether oxygens (including phenoxy) is 2. The van der Waals surface area contributed by atoms with Gasteiger partial charge in [0.05, 0.1) is 19.9 Å². The zero-order valence-corrected chi connectivity index (χ0v) is 18.1. The number of carbonyl (C=O) groups is 3. The van der Waals surface area contributed by atoms with Crippen molar-refractivity contribution in [3.8, 4) is 11.5 Å². The van der Waals surface area contributed by atoms with Gasteiger partial charge in [-0.1, -0.05) is 24.3 Å². The van der Waals surface area contributed by atoms with Crippen LogP contribution in [-0.2, 0) is 16.0 Å². The van der Waals surface area contributed by atoms with E-state index in [0.717, 1.165) is 16.2 Å². The third-order valence-electron chi connectivity index (χ3n) is 5.50. The fourth-order valence-corrected chi connectivity index (χ4v) is 3.52. The second-order valence-electron chi connectivity index (χ2n) is 7.65. The van der Waals surface area contributed by atoms with Crippen LogP contribution in [0, 0.1) is 0 Å². The maximum Gasteiger partial charge on any atom is 0.325 e. The number of imide groups is 1. The Balaban J connectivity index is 1.68. The van der Waals surface area contributed by atoms with E-state index in [4.69, 9.17) is 9.47 Å². The molecule has 1 fully saturated rings. The van der Waals surface area contributed by atoms with Crippen LogP contribution in [0.5, 0.6) is 11.5 Å². The Morgan fingerprint density at radius 2 is 1.77 bits per heavy atom. The summed E-state index contributed by atoms with van der Waals surface area (Å²) in [5.41, 5.74) is 0.399. The number of benzene rings is 2. The Kier molecular flexibility index (Phi) is 6.48. The summed E-state index contributed by atoms with van der Waals surface area (Å²) in [6.07, 6.45) is 0.989. The molecule has 1 saturated heterocycles. The lowest BCUT2D eigenvalue weighted by molar-refractivity contribution is -0.136. The molecule has 0 saturated carbocycles. The van der Waals surface area contributed by atoms with Gasteiger partial charge in [-0.25, -0.2) is 9.69 Å². The first kappa shape index (κ1) is 22.1. The molecule has 4 amide bonds. The van der Waals surface area contributed by atoms with E-state index in [1.54, 1.807) is 38.3 Å². The average Bonchev–Trinajstić information content (AvgIpc) is 3.00. The standard InChI is InChI=1S/C23H27N3O5/c1-15(20(27)24-18-7-5-6-8-19(18)31-4)26-21(28)23(2,25-22(26)29)14-13-16-9-11-17(30-3)12-10-16/h5-12,15H,13-14H2,1-4H3,(H,24,27)(H,25,29)/t15-,23+/m0/s1. The van der Waals surface area contributed by atoms with Crippen LogP contribution >= 0.6 is 0 Å². The Bertz CT molecular complexity index is 975. The minimum absolute atomic E-state index is 0.404. The molecule has 2 N–H and O–H groups in total. The number of carbonyl (C=O) groups excluding carboxylic acids is 3. The normalized spacial score (nSPS) is 19.0. The van der Waals surface area contributed by atoms with Crippen molar-refractivity contribution >= 4 is 23.5 Å². The molecule has 8 heteroatoms. The maximum absolute atomic E-state index is 13.1. The van der Waals surface area contributed by atoms with Crippen LogP contribution in [0.4, 0.5) is 10.5 Å². The van der Waals surface area contributed by atoms with E-state index in [1.165, 1.54) is 14.0 Å². The summed E-state index contributed by atoms with van der Waals surface area (Å²) in [4.78, 5) is 39.4. The number of hydrogen-bond donors (Lipinski definition) is 2. The van der Waals surface area contributed by atoms with Crippen molar-refractivity contribution in [1.82, 2.24) is 10.2 Å². The summed E-state index contributed by atoms with van der Waals surface area (Å²) in [5, 5.41) is 5.48. The van der Waals surface area contributed by atoms with Gasteiger partial charge < -0.3 is 20.1 Å². The van der Waals surface area contributed by atoms with Crippen LogP contribution in [0.1, 0.15) is 25.8 Å². The third kappa shape index (κ3) is 4.63. The lowest BCUT2D eigenvalue weighted by Crippen LogP contribution is -2.48. The summed E-state index contributed by atoms with van der Waals surface area (Å²) < 4.78 is 10.4. The number of nitrogens with one attached hydrogen (secondary N) is 2. The molecule has 0 aliphatic carbocycles. The van der Waals surface area contributed by atoms with Crippen molar-refractivity contribution in [2.24, 2.45) is 0 Å². The van der Waals surface area contributed by atoms with Crippen molar-refractivity contribution < 1.29 is 23.9 Å². The van der Waals surface area contributed by atoms with E-state index in [9.17, 15) is 14.4 Å². The first-order valence-electron chi connectivity index (χ1n) is 10.0. The molecule has 31 heavy (non-hydrogen) atoms. The van der Waals surface area contributed by atoms with Crippen molar-refractivity contribution in [1.29, 1.82) is 0 Å². The van der Waals surface area contributed by atoms with E-state index in [-0.39, 0.29) is 0 Å². The summed E-state index contributed by atoms with van der Waals surface area (Å²) in [5.74, 6) is 0.340. The number of urea groups is 1. The summed E-state index contributed by atoms with van der Waals surface area (Å²) >= 11 is 0. The topological polar surface area (TPSA) is 97.0 Å². The maximum atomic E-state index is 13.1. The molecule has 0 aromatic heterocycles. The number of hydrogen-bond acceptors (Lipinski definition) is 5. The molecule has 164 valence electrons. The molecule has 1 aliphatic heterocycles. The lowest BCUT2D eigenvalue weighted by atomic mass is 9.93. The van der Waals surface area contributed by atoms with Crippen LogP contribution in [0.3, 0.4) is 0 Å². The predicted octanol–water partition coefficient (Wildman–Crippen LogP) is 2.97. The number of anilines is 1. The molecule has 8 nitrogen and oxygen atoms in total. The molecule has 1 heterocycles. The number of amides is 4. The number of para-hydroxylation sites is 2. The van der Waals surface area contributed by atoms with Gasteiger partial charge in [0.1, 0.15) is 23.1 Å². The van der Waals surface area contributed by atoms with Gasteiger partial charge in [0.2, 0.25) is 5.91 Å². The Hall–Kier alpha value is -3.55. The lowest BCUT2D eigenvalue weighted by Gasteiger charge is -2.24. The molecular weight excluding hydrogens is 398 g/mol. The second-order valence-corrected chi connectivity index (χ2v) is 7.65. The third-order valence-corrected chi connectivity index (χ3v) is 5.50. The zero-order valence-electron chi connectivity index (χ0n) is 18.1. The van der Waals surface area contributed by atoms with E-state index >= 15 is 0 Å². The fraction of sp³-hybridized carbons (Fsp3) is 0.348. The molecule has 2 aromatic rings. The van der Waals surface area contributed by atoms with Gasteiger partial charge >= 0.3 is 6.03 Å². The molecule has 0 radical (unpaired) electrons. The molecule has 2 aromatic carbocycles. The highest BCUT2D eigenvalue weighted by atomic mass is 16.5. The van der Waals surface area contributed by atoms with Crippen LogP contribution in [0.15, 0.2) is 48.5 Å². The number of aryl methyl sites for hydroxylation is 1. The smallest absolute Gasteiger partial charge is 0.325 e. The van der Waals surface area contributed by atoms with Crippen molar-refractivity contribution in [3.63, 3.8) is 0 Å². The van der Waals surface area contributed by atoms with Gasteiger partial charge in [-0.3, -0.25) is 9.59 Å². The fourth-order valence-electron chi connectivity index (χ4n) is 3.52. The van der Waals surface area contributed by atoms with E-state index in [1.807, 2.05) is 24.3 Å². The molecule has 1 aliphatic rings. The van der Waals surface area contributed by atoms with Gasteiger partial charge in [0, 0.05) is 0 Å². The van der Waals surface area contributed by atoms with Crippen molar-refractivity contribution in [2.45, 2.75) is 38.3 Å². The highest BCUT2D eigenvalue weighted by Gasteiger charge is 2.50.